The minimum atomic E-state index is -0.133. The summed E-state index contributed by atoms with van der Waals surface area (Å²) in [4.78, 5) is 24.8. The predicted molar refractivity (Wildman–Crippen MR) is 133 cm³/mol. The van der Waals surface area contributed by atoms with Crippen molar-refractivity contribution in [2.24, 2.45) is 0 Å². The van der Waals surface area contributed by atoms with Crippen LogP contribution in [-0.4, -0.2) is 41.9 Å². The SMILES string of the molecule is CC(=O)Nc1cccc(-n2c(SCC(=O)c3cc(C)n(-c4cc(C)on4)c3C)nnc2C2CC2)c1. The van der Waals surface area contributed by atoms with Crippen molar-refractivity contribution in [3.63, 3.8) is 0 Å². The molecule has 1 amide bonds. The normalized spacial score (nSPS) is 13.3. The number of benzene rings is 1. The third kappa shape index (κ3) is 4.66. The molecule has 9 nitrogen and oxygen atoms in total. The van der Waals surface area contributed by atoms with Gasteiger partial charge in [0.2, 0.25) is 5.91 Å². The van der Waals surface area contributed by atoms with Crippen LogP contribution in [0.2, 0.25) is 0 Å². The van der Waals surface area contributed by atoms with Gasteiger partial charge in [-0.15, -0.1) is 10.2 Å². The molecule has 5 rings (SSSR count). The molecular formula is C25H26N6O3S. The molecule has 0 atom stereocenters. The number of thioether (sulfide) groups is 1. The molecule has 4 aromatic rings. The summed E-state index contributed by atoms with van der Waals surface area (Å²) in [6.45, 7) is 7.18. The molecule has 0 aliphatic heterocycles. The summed E-state index contributed by atoms with van der Waals surface area (Å²) in [6, 6.07) is 11.3. The summed E-state index contributed by atoms with van der Waals surface area (Å²) in [7, 11) is 0. The molecule has 3 heterocycles. The number of anilines is 1. The summed E-state index contributed by atoms with van der Waals surface area (Å²) in [5.74, 6) is 2.72. The number of aryl methyl sites for hydroxylation is 2. The van der Waals surface area contributed by atoms with E-state index in [-0.39, 0.29) is 17.4 Å². The average molecular weight is 491 g/mol. The Bertz CT molecular complexity index is 1430. The van der Waals surface area contributed by atoms with Crippen molar-refractivity contribution < 1.29 is 14.1 Å². The molecule has 10 heteroatoms. The van der Waals surface area contributed by atoms with E-state index in [4.69, 9.17) is 4.52 Å². The average Bonchev–Trinajstić information content (AvgIpc) is 3.31. The van der Waals surface area contributed by atoms with E-state index in [1.165, 1.54) is 18.7 Å². The number of nitrogens with one attached hydrogen (secondary N) is 1. The fourth-order valence-corrected chi connectivity index (χ4v) is 5.06. The molecule has 1 fully saturated rings. The van der Waals surface area contributed by atoms with Gasteiger partial charge in [-0.25, -0.2) is 0 Å². The maximum absolute atomic E-state index is 13.2. The van der Waals surface area contributed by atoms with Gasteiger partial charge in [-0.05, 0) is 57.9 Å². The van der Waals surface area contributed by atoms with Crippen molar-refractivity contribution >= 4 is 29.1 Å². The molecule has 1 aliphatic carbocycles. The standard InChI is InChI=1S/C25H26N6O3S/c1-14-10-21(16(3)30(14)23-11-15(2)34-29-23)22(33)13-35-25-28-27-24(18-8-9-18)31(25)20-7-5-6-19(12-20)26-17(4)32/h5-7,10-12,18H,8-9,13H2,1-4H3,(H,26,32). The number of aromatic nitrogens is 5. The first-order valence-corrected chi connectivity index (χ1v) is 12.4. The Morgan fingerprint density at radius 2 is 1.91 bits per heavy atom. The van der Waals surface area contributed by atoms with Crippen molar-refractivity contribution in [2.45, 2.75) is 51.6 Å². The Morgan fingerprint density at radius 1 is 1.11 bits per heavy atom. The smallest absolute Gasteiger partial charge is 0.221 e. The van der Waals surface area contributed by atoms with E-state index in [1.807, 2.05) is 66.3 Å². The van der Waals surface area contributed by atoms with Gasteiger partial charge in [0, 0.05) is 41.5 Å². The highest BCUT2D eigenvalue weighted by Gasteiger charge is 2.31. The summed E-state index contributed by atoms with van der Waals surface area (Å²) < 4.78 is 9.14. The highest BCUT2D eigenvalue weighted by atomic mass is 32.2. The molecule has 1 aromatic carbocycles. The van der Waals surface area contributed by atoms with Crippen LogP contribution in [0.15, 0.2) is 46.1 Å². The Hall–Kier alpha value is -3.66. The van der Waals surface area contributed by atoms with Crippen molar-refractivity contribution in [1.82, 2.24) is 24.5 Å². The lowest BCUT2D eigenvalue weighted by atomic mass is 10.2. The number of hydrogen-bond acceptors (Lipinski definition) is 7. The predicted octanol–water partition coefficient (Wildman–Crippen LogP) is 4.78. The first kappa shape index (κ1) is 23.1. The maximum atomic E-state index is 13.2. The third-order valence-electron chi connectivity index (χ3n) is 5.93. The third-order valence-corrected chi connectivity index (χ3v) is 6.86. The zero-order valence-corrected chi connectivity index (χ0v) is 20.8. The van der Waals surface area contributed by atoms with Crippen LogP contribution in [0.4, 0.5) is 5.69 Å². The molecule has 0 radical (unpaired) electrons. The van der Waals surface area contributed by atoms with Crippen molar-refractivity contribution in [2.75, 3.05) is 11.1 Å². The number of nitrogens with zero attached hydrogens (tertiary/aromatic N) is 5. The largest absolute Gasteiger partial charge is 0.360 e. The monoisotopic (exact) mass is 490 g/mol. The van der Waals surface area contributed by atoms with Crippen molar-refractivity contribution in [3.05, 3.63) is 64.9 Å². The lowest BCUT2D eigenvalue weighted by Gasteiger charge is -2.11. The lowest BCUT2D eigenvalue weighted by Crippen LogP contribution is -2.09. The lowest BCUT2D eigenvalue weighted by molar-refractivity contribution is -0.114. The number of amides is 1. The molecule has 180 valence electrons. The maximum Gasteiger partial charge on any atom is 0.221 e. The van der Waals surface area contributed by atoms with Crippen LogP contribution >= 0.6 is 11.8 Å². The van der Waals surface area contributed by atoms with Gasteiger partial charge in [0.1, 0.15) is 11.6 Å². The highest BCUT2D eigenvalue weighted by Crippen LogP contribution is 2.41. The number of ketones is 1. The topological polar surface area (TPSA) is 108 Å². The summed E-state index contributed by atoms with van der Waals surface area (Å²) in [6.07, 6.45) is 2.14. The summed E-state index contributed by atoms with van der Waals surface area (Å²) in [5, 5.41) is 16.4. The zero-order valence-electron chi connectivity index (χ0n) is 20.0. The quantitative estimate of drug-likeness (QED) is 0.280. The molecule has 0 bridgehead atoms. The van der Waals surface area contributed by atoms with Gasteiger partial charge in [0.25, 0.3) is 0 Å². The Labute approximate surface area is 206 Å². The van der Waals surface area contributed by atoms with E-state index in [0.717, 1.165) is 35.7 Å². The minimum absolute atomic E-state index is 0.00378. The van der Waals surface area contributed by atoms with E-state index in [9.17, 15) is 9.59 Å². The zero-order chi connectivity index (χ0) is 24.7. The highest BCUT2D eigenvalue weighted by molar-refractivity contribution is 7.99. The fraction of sp³-hybridized carbons (Fsp3) is 0.320. The van der Waals surface area contributed by atoms with Crippen molar-refractivity contribution in [1.29, 1.82) is 0 Å². The van der Waals surface area contributed by atoms with Crippen LogP contribution in [0.5, 0.6) is 0 Å². The Kier molecular flexibility index (Phi) is 6.06. The van der Waals surface area contributed by atoms with E-state index in [2.05, 4.69) is 20.7 Å². The second-order valence-electron chi connectivity index (χ2n) is 8.81. The van der Waals surface area contributed by atoms with Gasteiger partial charge < -0.3 is 9.84 Å². The number of carbonyl (C=O) groups excluding carboxylic acids is 2. The van der Waals surface area contributed by atoms with Crippen LogP contribution in [0.25, 0.3) is 11.5 Å². The Balaban J connectivity index is 1.40. The number of Topliss-reactive ketones (excluding diaryl/α,β-unsaturated/α-hetero) is 1. The molecular weight excluding hydrogens is 464 g/mol. The van der Waals surface area contributed by atoms with Gasteiger partial charge in [-0.2, -0.15) is 0 Å². The van der Waals surface area contributed by atoms with E-state index in [0.29, 0.717) is 33.9 Å². The Morgan fingerprint density at radius 3 is 2.60 bits per heavy atom. The number of rotatable bonds is 8. The van der Waals surface area contributed by atoms with E-state index >= 15 is 0 Å². The molecule has 35 heavy (non-hydrogen) atoms. The van der Waals surface area contributed by atoms with Gasteiger partial charge in [-0.1, -0.05) is 23.0 Å². The second kappa shape index (κ2) is 9.18. The van der Waals surface area contributed by atoms with Crippen LogP contribution in [0, 0.1) is 20.8 Å². The van der Waals surface area contributed by atoms with E-state index in [1.54, 1.807) is 0 Å². The molecule has 0 saturated heterocycles. The number of carbonyl (C=O) groups is 2. The van der Waals surface area contributed by atoms with Gasteiger partial charge in [0.15, 0.2) is 16.8 Å². The molecule has 0 unspecified atom stereocenters. The van der Waals surface area contributed by atoms with Gasteiger partial charge >= 0.3 is 0 Å². The molecule has 1 N–H and O–H groups in total. The molecule has 0 spiro atoms. The summed E-state index contributed by atoms with van der Waals surface area (Å²) in [5.41, 5.74) is 3.95. The first-order chi connectivity index (χ1) is 16.8. The van der Waals surface area contributed by atoms with Crippen LogP contribution in [0.1, 0.15) is 59.0 Å². The molecule has 1 aliphatic rings. The van der Waals surface area contributed by atoms with Crippen LogP contribution < -0.4 is 5.32 Å². The number of hydrogen-bond donors (Lipinski definition) is 1. The van der Waals surface area contributed by atoms with Gasteiger partial charge in [-0.3, -0.25) is 18.7 Å². The van der Waals surface area contributed by atoms with Crippen LogP contribution in [-0.2, 0) is 4.79 Å². The second-order valence-corrected chi connectivity index (χ2v) is 9.75. The van der Waals surface area contributed by atoms with Crippen molar-refractivity contribution in [3.8, 4) is 11.5 Å². The van der Waals surface area contributed by atoms with Gasteiger partial charge in [0.05, 0.1) is 11.4 Å². The van der Waals surface area contributed by atoms with E-state index < -0.39 is 0 Å². The summed E-state index contributed by atoms with van der Waals surface area (Å²) >= 11 is 1.36. The molecule has 3 aromatic heterocycles. The fourth-order valence-electron chi connectivity index (χ4n) is 4.21. The minimum Gasteiger partial charge on any atom is -0.360 e. The first-order valence-electron chi connectivity index (χ1n) is 11.4. The molecule has 1 saturated carbocycles. The van der Waals surface area contributed by atoms with Crippen LogP contribution in [0.3, 0.4) is 0 Å².